The van der Waals surface area contributed by atoms with Crippen LogP contribution in [0.5, 0.6) is 6.01 Å². The second-order valence-electron chi connectivity index (χ2n) is 35.2. The number of fused-ring (bicyclic) bond motifs is 1. The molecule has 7 aliphatic rings. The van der Waals surface area contributed by atoms with Crippen LogP contribution in [0.2, 0.25) is 0 Å². The van der Waals surface area contributed by atoms with Gasteiger partial charge in [-0.15, -0.1) is 11.3 Å². The first-order chi connectivity index (χ1) is 67.6. The number of hydrogen-bond donors (Lipinski definition) is 2. The first-order valence-corrected chi connectivity index (χ1v) is 47.1. The van der Waals surface area contributed by atoms with Gasteiger partial charge in [0.25, 0.3) is 0 Å². The number of H-pyrrole nitrogens is 1. The van der Waals surface area contributed by atoms with Crippen LogP contribution in [0.25, 0.3) is 71.4 Å². The number of pyridine rings is 1. The molecule has 30 nitrogen and oxygen atoms in total. The summed E-state index contributed by atoms with van der Waals surface area (Å²) < 4.78 is 128. The molecule has 7 amide bonds. The van der Waals surface area contributed by atoms with Crippen LogP contribution in [-0.4, -0.2) is 189 Å². The van der Waals surface area contributed by atoms with Gasteiger partial charge in [0.1, 0.15) is 94.1 Å². The van der Waals surface area contributed by atoms with Crippen molar-refractivity contribution in [1.29, 1.82) is 0 Å². The van der Waals surface area contributed by atoms with Crippen LogP contribution >= 0.6 is 11.3 Å². The molecule has 7 aliphatic heterocycles. The SMILES string of the molecule is CCC1CN(c2ccc(-c3ccc4cc[nH]c4c3)c(F)c2)C(=O)O1.CCC1CN(c2ccc(-c3cccnc3)c(F)c2)C(=O)O1.CCC1CN(c2ccc(-c3cnc(C(C)(C)O)s3)c(F)c2)C(=O)O1.CCC1CN(c2ccc(-c3cnc(OC)nc3)c(F)c2)C(=O)O1.CCC1CN(c2ccc(-c3cncnc3)c(F)c2)C(=O)O1.CCC1CN(c2ccc(C3=CCN(C(=O)OC(C)(C)C)CC3)c(F)c2)C(=O)O1. The summed E-state index contributed by atoms with van der Waals surface area (Å²) in [6, 6.07) is 39.8. The topological polar surface area (TPSA) is 329 Å². The fourth-order valence-corrected chi connectivity index (χ4v) is 16.9. The lowest BCUT2D eigenvalue weighted by Crippen LogP contribution is -2.39. The highest BCUT2D eigenvalue weighted by molar-refractivity contribution is 7.15. The quantitative estimate of drug-likeness (QED) is 0.0529. The van der Waals surface area contributed by atoms with E-state index in [1.165, 1.54) is 103 Å². The molecule has 37 heteroatoms. The van der Waals surface area contributed by atoms with Crippen LogP contribution in [0.3, 0.4) is 0 Å². The zero-order chi connectivity index (χ0) is 101. The maximum absolute atomic E-state index is 14.7. The average molecular weight is 1960 g/mol. The van der Waals surface area contributed by atoms with Crippen molar-refractivity contribution in [2.45, 2.75) is 169 Å². The number of rotatable bonds is 20. The van der Waals surface area contributed by atoms with Gasteiger partial charge in [-0.3, -0.25) is 34.4 Å². The molecule has 0 aliphatic carbocycles. The van der Waals surface area contributed by atoms with E-state index in [1.54, 1.807) is 135 Å². The first kappa shape index (κ1) is 102. The number of aliphatic hydroxyl groups is 1. The molecule has 7 aromatic carbocycles. The number of benzene rings is 7. The van der Waals surface area contributed by atoms with Crippen molar-refractivity contribution >= 4 is 105 Å². The van der Waals surface area contributed by atoms with E-state index in [1.807, 2.05) is 98.9 Å². The molecule has 19 rings (SSSR count). The Balaban J connectivity index is 0.000000135. The van der Waals surface area contributed by atoms with Crippen LogP contribution in [0.1, 0.15) is 132 Å². The zero-order valence-corrected chi connectivity index (χ0v) is 80.6. The molecule has 738 valence electrons. The Bertz CT molecular complexity index is 6420. The predicted octanol–water partition coefficient (Wildman–Crippen LogP) is 22.9. The number of hydrogen-bond acceptors (Lipinski definition) is 23. The predicted molar refractivity (Wildman–Crippen MR) is 522 cm³/mol. The minimum Gasteiger partial charge on any atom is -0.467 e. The van der Waals surface area contributed by atoms with E-state index < -0.39 is 65.2 Å². The Hall–Kier alpha value is -15.0. The van der Waals surface area contributed by atoms with Gasteiger partial charge in [0.05, 0.1) is 85.4 Å². The Morgan fingerprint density at radius 1 is 0.433 bits per heavy atom. The summed E-state index contributed by atoms with van der Waals surface area (Å²) in [5.74, 6) is -2.44. The normalized spacial score (nSPS) is 18.2. The lowest BCUT2D eigenvalue weighted by atomic mass is 9.98. The van der Waals surface area contributed by atoms with Gasteiger partial charge in [0, 0.05) is 118 Å². The van der Waals surface area contributed by atoms with Gasteiger partial charge in [-0.05, 0) is 223 Å². The number of aromatic nitrogens is 7. The molecule has 6 atom stereocenters. The number of methoxy groups -OCH3 is 1. The van der Waals surface area contributed by atoms with Crippen LogP contribution in [0.15, 0.2) is 208 Å². The number of carbonyl (C=O) groups is 7. The lowest BCUT2D eigenvalue weighted by Gasteiger charge is -2.29. The van der Waals surface area contributed by atoms with Gasteiger partial charge in [-0.1, -0.05) is 65.8 Å². The number of cyclic esters (lactones) is 6. The van der Waals surface area contributed by atoms with Gasteiger partial charge in [-0.2, -0.15) is 0 Å². The lowest BCUT2D eigenvalue weighted by molar-refractivity contribution is 0.0269. The third-order valence-electron chi connectivity index (χ3n) is 23.9. The molecule has 0 saturated carbocycles. The van der Waals surface area contributed by atoms with Gasteiger partial charge < -0.3 is 52.9 Å². The number of ether oxygens (including phenoxy) is 8. The summed E-state index contributed by atoms with van der Waals surface area (Å²) in [5.41, 5.74) is 8.43. The molecule has 141 heavy (non-hydrogen) atoms. The Labute approximate surface area is 814 Å². The van der Waals surface area contributed by atoms with E-state index in [2.05, 4.69) is 34.9 Å². The number of nitrogens with zero attached hydrogens (tertiary/aromatic N) is 13. The fourth-order valence-electron chi connectivity index (χ4n) is 15.9. The zero-order valence-electron chi connectivity index (χ0n) is 79.8. The smallest absolute Gasteiger partial charge is 0.414 e. The third kappa shape index (κ3) is 24.8. The van der Waals surface area contributed by atoms with Gasteiger partial charge in [0.15, 0.2) is 0 Å². The molecule has 5 aromatic heterocycles. The summed E-state index contributed by atoms with van der Waals surface area (Å²) in [7, 11) is 1.46. The first-order valence-electron chi connectivity index (χ1n) is 46.2. The Kier molecular flexibility index (Phi) is 32.7. The number of amides is 7. The Morgan fingerprint density at radius 3 is 1.12 bits per heavy atom. The van der Waals surface area contributed by atoms with Crippen molar-refractivity contribution in [3.05, 3.63) is 253 Å². The molecule has 2 N–H and O–H groups in total. The van der Waals surface area contributed by atoms with E-state index in [4.69, 9.17) is 37.9 Å². The summed E-state index contributed by atoms with van der Waals surface area (Å²) in [5, 5.41) is 11.6. The largest absolute Gasteiger partial charge is 0.467 e. The highest BCUT2D eigenvalue weighted by atomic mass is 32.1. The summed E-state index contributed by atoms with van der Waals surface area (Å²) >= 11 is 1.24. The average Bonchev–Trinajstić information content (AvgIpc) is 1.67. The van der Waals surface area contributed by atoms with Gasteiger partial charge >= 0.3 is 48.7 Å². The second-order valence-corrected chi connectivity index (χ2v) is 36.3. The molecule has 12 heterocycles. The van der Waals surface area contributed by atoms with E-state index in [0.717, 1.165) is 60.6 Å². The second kappa shape index (κ2) is 45.3. The van der Waals surface area contributed by atoms with E-state index in [0.29, 0.717) is 153 Å². The molecule has 0 spiro atoms. The van der Waals surface area contributed by atoms with E-state index in [-0.39, 0.29) is 66.2 Å². The molecule has 6 saturated heterocycles. The van der Waals surface area contributed by atoms with Crippen molar-refractivity contribution in [2.75, 3.05) is 88.9 Å². The van der Waals surface area contributed by atoms with Gasteiger partial charge in [0.2, 0.25) is 0 Å². The van der Waals surface area contributed by atoms with E-state index in [9.17, 15) is 65.0 Å². The van der Waals surface area contributed by atoms with Crippen LogP contribution in [-0.2, 0) is 38.8 Å². The monoisotopic (exact) mass is 1950 g/mol. The maximum atomic E-state index is 14.7. The molecule has 6 unspecified atom stereocenters. The molecular weight excluding hydrogens is 1850 g/mol. The summed E-state index contributed by atoms with van der Waals surface area (Å²) in [4.78, 5) is 121. The summed E-state index contributed by atoms with van der Waals surface area (Å²) in [6.07, 6.45) is 17.1. The minimum absolute atomic E-state index is 0.126. The van der Waals surface area contributed by atoms with Crippen molar-refractivity contribution in [2.24, 2.45) is 0 Å². The number of aromatic amines is 1. The highest BCUT2D eigenvalue weighted by Crippen LogP contribution is 2.40. The molecule has 0 bridgehead atoms. The van der Waals surface area contributed by atoms with Crippen molar-refractivity contribution in [1.82, 2.24) is 39.8 Å². The summed E-state index contributed by atoms with van der Waals surface area (Å²) in [6.45, 7) is 23.9. The fraction of sp³-hybridized carbons (Fsp3) is 0.337. The molecular formula is C104H108F6N14O16S. The highest BCUT2D eigenvalue weighted by Gasteiger charge is 2.39. The minimum atomic E-state index is -1.06. The maximum Gasteiger partial charge on any atom is 0.414 e. The molecule has 12 aromatic rings. The van der Waals surface area contributed by atoms with Gasteiger partial charge in [-0.25, -0.2) is 84.8 Å². The van der Waals surface area contributed by atoms with Crippen molar-refractivity contribution < 1.29 is 103 Å². The standard InChI is InChI=1S/C21H27FN2O4.C19H17FN2O2.C17H19FN2O3S.C16H16FN3O3.C16H15FN2O2.C15H14FN3O2/c1-5-16-13-24(20(26)27-16)15-6-7-17(18(22)12-15)14-8-10-23(11-9-14)19(25)28-21(2,3)4;1-2-15-11-22(19(23)24-15)14-5-6-16(17(20)10-14)13-4-3-12-7-8-21-18(12)9-13;1-4-11-9-20(16(21)23-11)10-5-6-12(13(18)7-10)14-8-19-15(24-14)17(2,3)22;1-3-12-9-20(16(21)23-12)11-4-5-13(14(17)6-11)10-7-18-15(22-2)19-8-10;1-2-13-10-19(16(20)21-13)12-5-6-14(15(17)8-12)11-4-3-7-18-9-11;1-2-12-8-19(15(20)21-12)11-3-4-13(14(16)5-11)10-6-17-9-18-7-10/h6-8,12,16H,5,9-11,13H2,1-4H3;3-10,15,21H,2,11H2,1H3;5-8,11,22H,4,9H2,1-3H3;4-8,12H,3,9H2,1-2H3;3-9,13H,2,10H2,1H3;3-7,9,12H,2,8H2,1H3. The van der Waals surface area contributed by atoms with Crippen LogP contribution < -0.4 is 34.1 Å². The third-order valence-corrected chi connectivity index (χ3v) is 25.2. The van der Waals surface area contributed by atoms with Crippen molar-refractivity contribution in [3.63, 3.8) is 0 Å². The number of nitrogens with one attached hydrogen (secondary N) is 1. The number of anilines is 6. The molecule has 6 fully saturated rings. The van der Waals surface area contributed by atoms with Crippen LogP contribution in [0, 0.1) is 34.9 Å². The Morgan fingerprint density at radius 2 is 0.794 bits per heavy atom. The number of thiazole rings is 1. The number of halogens is 6. The number of carbonyl (C=O) groups excluding carboxylic acids is 7. The molecule has 0 radical (unpaired) electrons. The van der Waals surface area contributed by atoms with E-state index >= 15 is 0 Å². The van der Waals surface area contributed by atoms with Crippen LogP contribution in [0.4, 0.5) is 94.0 Å². The van der Waals surface area contributed by atoms with Crippen molar-refractivity contribution in [3.8, 4) is 61.0 Å².